The van der Waals surface area contributed by atoms with Crippen LogP contribution in [0.1, 0.15) is 28.3 Å². The van der Waals surface area contributed by atoms with Gasteiger partial charge in [-0.25, -0.2) is 0 Å². The molecular weight excluding hydrogens is 368 g/mol. The summed E-state index contributed by atoms with van der Waals surface area (Å²) in [5.41, 5.74) is 3.91. The fourth-order valence-electron chi connectivity index (χ4n) is 3.75. The smallest absolute Gasteiger partial charge is 0.274 e. The summed E-state index contributed by atoms with van der Waals surface area (Å²) < 4.78 is 11.6. The second-order valence-corrected chi connectivity index (χ2v) is 6.93. The monoisotopic (exact) mass is 390 g/mol. The molecule has 1 unspecified atom stereocenters. The summed E-state index contributed by atoms with van der Waals surface area (Å²) in [4.78, 5) is 11.2. The second-order valence-electron chi connectivity index (χ2n) is 6.93. The molecule has 0 bridgehead atoms. The van der Waals surface area contributed by atoms with E-state index in [4.69, 9.17) is 9.47 Å². The van der Waals surface area contributed by atoms with Crippen LogP contribution in [0.15, 0.2) is 66.7 Å². The molecule has 1 N–H and O–H groups in total. The first-order chi connectivity index (χ1) is 14.2. The van der Waals surface area contributed by atoms with E-state index < -0.39 is 0 Å². The molecule has 0 aliphatic carbocycles. The summed E-state index contributed by atoms with van der Waals surface area (Å²) in [6, 6.07) is 20.4. The SMILES string of the molecule is COc1cc2c(cc1OCc1ccccc1)C(c1ccccc1[N+](=O)[O-])NCC2. The first-order valence-electron chi connectivity index (χ1n) is 9.51. The Balaban J connectivity index is 1.72. The number of nitro groups is 1. The van der Waals surface area contributed by atoms with Crippen molar-refractivity contribution in [3.8, 4) is 11.5 Å². The maximum Gasteiger partial charge on any atom is 0.274 e. The molecule has 148 valence electrons. The highest BCUT2D eigenvalue weighted by atomic mass is 16.6. The zero-order valence-electron chi connectivity index (χ0n) is 16.1. The number of hydrogen-bond donors (Lipinski definition) is 1. The first-order valence-corrected chi connectivity index (χ1v) is 9.51. The van der Waals surface area contributed by atoms with Crippen LogP contribution in [0.25, 0.3) is 0 Å². The standard InChI is InChI=1S/C23H22N2O4/c1-28-21-13-17-11-12-24-23(18-9-5-6-10-20(18)25(26)27)19(17)14-22(21)29-15-16-7-3-2-4-8-16/h2-10,13-14,23-24H,11-12,15H2,1H3. The molecule has 0 amide bonds. The van der Waals surface area contributed by atoms with Crippen LogP contribution in [0.3, 0.4) is 0 Å². The van der Waals surface area contributed by atoms with Crippen LogP contribution in [0.4, 0.5) is 5.69 Å². The summed E-state index contributed by atoms with van der Waals surface area (Å²) in [5, 5.41) is 15.0. The normalized spacial score (nSPS) is 15.4. The molecule has 29 heavy (non-hydrogen) atoms. The van der Waals surface area contributed by atoms with Crippen LogP contribution in [0, 0.1) is 10.1 Å². The third-order valence-electron chi connectivity index (χ3n) is 5.16. The highest BCUT2D eigenvalue weighted by Crippen LogP contribution is 2.39. The van der Waals surface area contributed by atoms with Gasteiger partial charge in [0.15, 0.2) is 11.5 Å². The van der Waals surface area contributed by atoms with Crippen molar-refractivity contribution in [2.24, 2.45) is 0 Å². The van der Waals surface area contributed by atoms with E-state index in [0.717, 1.165) is 29.7 Å². The molecule has 3 aromatic carbocycles. The molecule has 6 nitrogen and oxygen atoms in total. The number of benzene rings is 3. The molecule has 0 saturated heterocycles. The van der Waals surface area contributed by atoms with Crippen molar-refractivity contribution in [2.45, 2.75) is 19.1 Å². The number of para-hydroxylation sites is 1. The number of ether oxygens (including phenoxy) is 2. The first kappa shape index (κ1) is 19.0. The molecule has 0 spiro atoms. The fourth-order valence-corrected chi connectivity index (χ4v) is 3.75. The van der Waals surface area contributed by atoms with Gasteiger partial charge in [0.25, 0.3) is 5.69 Å². The predicted octanol–water partition coefficient (Wildman–Crippen LogP) is 4.42. The summed E-state index contributed by atoms with van der Waals surface area (Å²) >= 11 is 0. The lowest BCUT2D eigenvalue weighted by atomic mass is 9.88. The van der Waals surface area contributed by atoms with Gasteiger partial charge in [-0.2, -0.15) is 0 Å². The lowest BCUT2D eigenvalue weighted by Gasteiger charge is -2.28. The number of nitro benzene ring substituents is 1. The van der Waals surface area contributed by atoms with E-state index in [0.29, 0.717) is 23.7 Å². The van der Waals surface area contributed by atoms with Crippen LogP contribution in [0.5, 0.6) is 11.5 Å². The van der Waals surface area contributed by atoms with Crippen molar-refractivity contribution in [1.82, 2.24) is 5.32 Å². The number of rotatable bonds is 6. The Morgan fingerprint density at radius 1 is 1.03 bits per heavy atom. The van der Waals surface area contributed by atoms with E-state index in [-0.39, 0.29) is 16.7 Å². The summed E-state index contributed by atoms with van der Waals surface area (Å²) in [6.07, 6.45) is 0.821. The molecule has 1 aliphatic heterocycles. The molecule has 1 atom stereocenters. The van der Waals surface area contributed by atoms with Gasteiger partial charge in [0, 0.05) is 12.6 Å². The average molecular weight is 390 g/mol. The third-order valence-corrected chi connectivity index (χ3v) is 5.16. The maximum atomic E-state index is 11.5. The third kappa shape index (κ3) is 3.93. The van der Waals surface area contributed by atoms with Gasteiger partial charge >= 0.3 is 0 Å². The zero-order chi connectivity index (χ0) is 20.2. The summed E-state index contributed by atoms with van der Waals surface area (Å²) in [6.45, 7) is 1.15. The van der Waals surface area contributed by atoms with Gasteiger partial charge in [-0.05, 0) is 35.2 Å². The molecule has 6 heteroatoms. The molecule has 4 rings (SSSR count). The van der Waals surface area contributed by atoms with E-state index >= 15 is 0 Å². The quantitative estimate of drug-likeness (QED) is 0.498. The number of nitrogens with zero attached hydrogens (tertiary/aromatic N) is 1. The zero-order valence-corrected chi connectivity index (χ0v) is 16.1. The van der Waals surface area contributed by atoms with Gasteiger partial charge in [-0.15, -0.1) is 0 Å². The molecule has 0 fully saturated rings. The van der Waals surface area contributed by atoms with Gasteiger partial charge in [-0.3, -0.25) is 10.1 Å². The van der Waals surface area contributed by atoms with E-state index in [1.807, 2.05) is 48.5 Å². The van der Waals surface area contributed by atoms with Gasteiger partial charge in [0.05, 0.1) is 23.6 Å². The predicted molar refractivity (Wildman–Crippen MR) is 110 cm³/mol. The Hall–Kier alpha value is -3.38. The van der Waals surface area contributed by atoms with Crippen molar-refractivity contribution in [2.75, 3.05) is 13.7 Å². The molecule has 1 heterocycles. The van der Waals surface area contributed by atoms with Gasteiger partial charge in [-0.1, -0.05) is 48.5 Å². The molecule has 0 saturated carbocycles. The fraction of sp³-hybridized carbons (Fsp3) is 0.217. The lowest BCUT2D eigenvalue weighted by molar-refractivity contribution is -0.385. The van der Waals surface area contributed by atoms with Crippen molar-refractivity contribution in [1.29, 1.82) is 0 Å². The van der Waals surface area contributed by atoms with Crippen molar-refractivity contribution >= 4 is 5.69 Å². The molecular formula is C23H22N2O4. The van der Waals surface area contributed by atoms with Crippen LogP contribution in [-0.4, -0.2) is 18.6 Å². The van der Waals surface area contributed by atoms with E-state index in [1.54, 1.807) is 25.3 Å². The highest BCUT2D eigenvalue weighted by molar-refractivity contribution is 5.54. The molecule has 1 aliphatic rings. The number of hydrogen-bond acceptors (Lipinski definition) is 5. The molecule has 0 aromatic heterocycles. The van der Waals surface area contributed by atoms with E-state index in [1.165, 1.54) is 0 Å². The highest BCUT2D eigenvalue weighted by Gasteiger charge is 2.28. The van der Waals surface area contributed by atoms with Gasteiger partial charge < -0.3 is 14.8 Å². The largest absolute Gasteiger partial charge is 0.493 e. The minimum Gasteiger partial charge on any atom is -0.493 e. The van der Waals surface area contributed by atoms with Gasteiger partial charge in [0.1, 0.15) is 6.61 Å². The number of fused-ring (bicyclic) bond motifs is 1. The van der Waals surface area contributed by atoms with Crippen LogP contribution >= 0.6 is 0 Å². The lowest BCUT2D eigenvalue weighted by Crippen LogP contribution is -2.31. The molecule has 3 aromatic rings. The Kier molecular flexibility index (Phi) is 5.44. The van der Waals surface area contributed by atoms with Crippen molar-refractivity contribution in [3.05, 3.63) is 99.1 Å². The van der Waals surface area contributed by atoms with E-state index in [2.05, 4.69) is 5.32 Å². The Labute approximate surface area is 169 Å². The Bertz CT molecular complexity index is 1020. The second kappa shape index (κ2) is 8.32. The maximum absolute atomic E-state index is 11.5. The molecule has 0 radical (unpaired) electrons. The topological polar surface area (TPSA) is 73.6 Å². The number of methoxy groups -OCH3 is 1. The van der Waals surface area contributed by atoms with Crippen molar-refractivity contribution in [3.63, 3.8) is 0 Å². The van der Waals surface area contributed by atoms with Crippen molar-refractivity contribution < 1.29 is 14.4 Å². The van der Waals surface area contributed by atoms with Crippen LogP contribution < -0.4 is 14.8 Å². The minimum atomic E-state index is -0.332. The Morgan fingerprint density at radius 3 is 2.55 bits per heavy atom. The van der Waals surface area contributed by atoms with E-state index in [9.17, 15) is 10.1 Å². The van der Waals surface area contributed by atoms with Crippen LogP contribution in [-0.2, 0) is 13.0 Å². The minimum absolute atomic E-state index is 0.112. The average Bonchev–Trinajstić information content (AvgIpc) is 2.77. The van der Waals surface area contributed by atoms with Gasteiger partial charge in [0.2, 0.25) is 0 Å². The summed E-state index contributed by atoms with van der Waals surface area (Å²) in [7, 11) is 1.62. The number of nitrogens with one attached hydrogen (secondary N) is 1. The van der Waals surface area contributed by atoms with Crippen LogP contribution in [0.2, 0.25) is 0 Å². The summed E-state index contributed by atoms with van der Waals surface area (Å²) in [5.74, 6) is 1.30. The Morgan fingerprint density at radius 2 is 1.79 bits per heavy atom.